The zero-order chi connectivity index (χ0) is 18.4. The number of aryl methyl sites for hydroxylation is 1. The monoisotopic (exact) mass is 351 g/mol. The summed E-state index contributed by atoms with van der Waals surface area (Å²) in [4.78, 5) is 16.8. The van der Waals surface area contributed by atoms with E-state index in [-0.39, 0.29) is 5.91 Å². The number of anilines is 1. The van der Waals surface area contributed by atoms with Crippen molar-refractivity contribution in [1.82, 2.24) is 9.80 Å². The maximum atomic E-state index is 12.3. The highest BCUT2D eigenvalue weighted by Gasteiger charge is 2.12. The fourth-order valence-electron chi connectivity index (χ4n) is 3.40. The molecule has 4 nitrogen and oxygen atoms in total. The molecular formula is C22H29N3O. The number of hydrogen-bond acceptors (Lipinski definition) is 3. The second-order valence-electron chi connectivity index (χ2n) is 7.39. The Bertz CT molecular complexity index is 703. The minimum absolute atomic E-state index is 0.0203. The highest BCUT2D eigenvalue weighted by atomic mass is 16.2. The second kappa shape index (κ2) is 8.97. The summed E-state index contributed by atoms with van der Waals surface area (Å²) in [5, 5.41) is 2.99. The average molecular weight is 351 g/mol. The fraction of sp³-hybridized carbons (Fsp3) is 0.409. The molecule has 1 aliphatic heterocycles. The van der Waals surface area contributed by atoms with E-state index in [9.17, 15) is 4.79 Å². The smallest absolute Gasteiger partial charge is 0.238 e. The Hall–Kier alpha value is -2.17. The maximum Gasteiger partial charge on any atom is 0.238 e. The first kappa shape index (κ1) is 18.6. The van der Waals surface area contributed by atoms with Gasteiger partial charge < -0.3 is 5.32 Å². The van der Waals surface area contributed by atoms with E-state index < -0.39 is 0 Å². The van der Waals surface area contributed by atoms with Crippen molar-refractivity contribution in [3.63, 3.8) is 0 Å². The minimum Gasteiger partial charge on any atom is -0.325 e. The Kier molecular flexibility index (Phi) is 6.42. The van der Waals surface area contributed by atoms with Crippen LogP contribution in [0.15, 0.2) is 48.5 Å². The van der Waals surface area contributed by atoms with Crippen LogP contribution in [-0.4, -0.2) is 42.4 Å². The molecule has 1 aliphatic rings. The average Bonchev–Trinajstić information content (AvgIpc) is 3.11. The van der Waals surface area contributed by atoms with E-state index in [1.807, 2.05) is 24.1 Å². The van der Waals surface area contributed by atoms with E-state index >= 15 is 0 Å². The van der Waals surface area contributed by atoms with Gasteiger partial charge in [0.2, 0.25) is 5.91 Å². The molecule has 0 unspecified atom stereocenters. The van der Waals surface area contributed by atoms with Crippen molar-refractivity contribution in [3.05, 3.63) is 65.2 Å². The summed E-state index contributed by atoms with van der Waals surface area (Å²) in [5.74, 6) is 0.0203. The molecule has 0 spiro atoms. The van der Waals surface area contributed by atoms with E-state index in [0.717, 1.165) is 18.8 Å². The molecule has 3 rings (SSSR count). The molecule has 2 aromatic rings. The number of rotatable bonds is 7. The van der Waals surface area contributed by atoms with Crippen LogP contribution in [0.4, 0.5) is 5.69 Å². The number of nitrogens with zero attached hydrogens (tertiary/aromatic N) is 2. The Morgan fingerprint density at radius 1 is 1.00 bits per heavy atom. The standard InChI is InChI=1S/C22H29N3O/c1-18-5-7-19(8-6-18)15-24(2)17-22(26)23-21-11-9-20(10-12-21)16-25-13-3-4-14-25/h5-12H,3-4,13-17H2,1-2H3,(H,23,26). The quantitative estimate of drug-likeness (QED) is 0.827. The molecule has 4 heteroatoms. The van der Waals surface area contributed by atoms with Gasteiger partial charge in [-0.25, -0.2) is 0 Å². The Morgan fingerprint density at radius 2 is 1.62 bits per heavy atom. The van der Waals surface area contributed by atoms with Crippen LogP contribution in [0.3, 0.4) is 0 Å². The number of carbonyl (C=O) groups is 1. The normalized spacial score (nSPS) is 14.7. The van der Waals surface area contributed by atoms with Crippen LogP contribution in [0.25, 0.3) is 0 Å². The lowest BCUT2D eigenvalue weighted by Gasteiger charge is -2.17. The van der Waals surface area contributed by atoms with Crippen LogP contribution < -0.4 is 5.32 Å². The van der Waals surface area contributed by atoms with Crippen LogP contribution in [0.5, 0.6) is 0 Å². The van der Waals surface area contributed by atoms with E-state index in [1.165, 1.54) is 42.6 Å². The number of benzene rings is 2. The first-order valence-electron chi connectivity index (χ1n) is 9.44. The van der Waals surface area contributed by atoms with Gasteiger partial charge in [0.15, 0.2) is 0 Å². The lowest BCUT2D eigenvalue weighted by Crippen LogP contribution is -2.29. The Balaban J connectivity index is 1.45. The Morgan fingerprint density at radius 3 is 2.27 bits per heavy atom. The van der Waals surface area contributed by atoms with Gasteiger partial charge in [-0.3, -0.25) is 14.6 Å². The number of carbonyl (C=O) groups excluding carboxylic acids is 1. The van der Waals surface area contributed by atoms with Gasteiger partial charge in [-0.1, -0.05) is 42.0 Å². The number of amides is 1. The molecule has 0 aromatic heterocycles. The summed E-state index contributed by atoms with van der Waals surface area (Å²) in [6.07, 6.45) is 2.62. The summed E-state index contributed by atoms with van der Waals surface area (Å²) in [6.45, 7) is 6.63. The molecule has 1 heterocycles. The van der Waals surface area contributed by atoms with Crippen molar-refractivity contribution in [3.8, 4) is 0 Å². The van der Waals surface area contributed by atoms with Crippen LogP contribution in [0.2, 0.25) is 0 Å². The van der Waals surface area contributed by atoms with Crippen LogP contribution >= 0.6 is 0 Å². The predicted molar refractivity (Wildman–Crippen MR) is 107 cm³/mol. The maximum absolute atomic E-state index is 12.3. The molecule has 1 fully saturated rings. The third-order valence-electron chi connectivity index (χ3n) is 4.83. The van der Waals surface area contributed by atoms with Crippen LogP contribution in [0.1, 0.15) is 29.5 Å². The van der Waals surface area contributed by atoms with Gasteiger partial charge in [-0.15, -0.1) is 0 Å². The number of likely N-dealkylation sites (tertiary alicyclic amines) is 1. The zero-order valence-corrected chi connectivity index (χ0v) is 15.9. The summed E-state index contributed by atoms with van der Waals surface area (Å²) >= 11 is 0. The van der Waals surface area contributed by atoms with E-state index in [2.05, 4.69) is 53.5 Å². The van der Waals surface area contributed by atoms with Crippen molar-refractivity contribution in [2.45, 2.75) is 32.9 Å². The van der Waals surface area contributed by atoms with Crippen molar-refractivity contribution < 1.29 is 4.79 Å². The van der Waals surface area contributed by atoms with Gasteiger partial charge in [0.1, 0.15) is 0 Å². The zero-order valence-electron chi connectivity index (χ0n) is 15.9. The second-order valence-corrected chi connectivity index (χ2v) is 7.39. The van der Waals surface area contributed by atoms with Crippen molar-refractivity contribution >= 4 is 11.6 Å². The molecule has 0 bridgehead atoms. The molecule has 0 saturated carbocycles. The van der Waals surface area contributed by atoms with Crippen molar-refractivity contribution in [1.29, 1.82) is 0 Å². The SMILES string of the molecule is Cc1ccc(CN(C)CC(=O)Nc2ccc(CN3CCCC3)cc2)cc1. The lowest BCUT2D eigenvalue weighted by molar-refractivity contribution is -0.117. The van der Waals surface area contributed by atoms with E-state index in [4.69, 9.17) is 0 Å². The first-order chi connectivity index (χ1) is 12.6. The van der Waals surface area contributed by atoms with Gasteiger partial charge in [0.25, 0.3) is 0 Å². The molecule has 1 saturated heterocycles. The van der Waals surface area contributed by atoms with Gasteiger partial charge in [0.05, 0.1) is 6.54 Å². The molecule has 0 aliphatic carbocycles. The molecule has 0 atom stereocenters. The third kappa shape index (κ3) is 5.68. The molecule has 0 radical (unpaired) electrons. The number of hydrogen-bond donors (Lipinski definition) is 1. The topological polar surface area (TPSA) is 35.6 Å². The summed E-state index contributed by atoms with van der Waals surface area (Å²) in [5.41, 5.74) is 4.64. The highest BCUT2D eigenvalue weighted by molar-refractivity contribution is 5.92. The van der Waals surface area contributed by atoms with Crippen molar-refractivity contribution in [2.24, 2.45) is 0 Å². The molecule has 2 aromatic carbocycles. The van der Waals surface area contributed by atoms with E-state index in [0.29, 0.717) is 6.54 Å². The Labute approximate surface area is 156 Å². The summed E-state index contributed by atoms with van der Waals surface area (Å²) in [6, 6.07) is 16.7. The molecule has 26 heavy (non-hydrogen) atoms. The highest BCUT2D eigenvalue weighted by Crippen LogP contribution is 2.15. The molecular weight excluding hydrogens is 322 g/mol. The summed E-state index contributed by atoms with van der Waals surface area (Å²) < 4.78 is 0. The lowest BCUT2D eigenvalue weighted by atomic mass is 10.1. The third-order valence-corrected chi connectivity index (χ3v) is 4.83. The number of nitrogens with one attached hydrogen (secondary N) is 1. The molecule has 1 amide bonds. The largest absolute Gasteiger partial charge is 0.325 e. The van der Waals surface area contributed by atoms with E-state index in [1.54, 1.807) is 0 Å². The fourth-order valence-corrected chi connectivity index (χ4v) is 3.40. The molecule has 1 N–H and O–H groups in total. The van der Waals surface area contributed by atoms with Gasteiger partial charge in [-0.05, 0) is 63.2 Å². The number of likely N-dealkylation sites (N-methyl/N-ethyl adjacent to an activating group) is 1. The van der Waals surface area contributed by atoms with Crippen molar-refractivity contribution in [2.75, 3.05) is 32.0 Å². The van der Waals surface area contributed by atoms with Gasteiger partial charge in [0, 0.05) is 18.8 Å². The van der Waals surface area contributed by atoms with Crippen LogP contribution in [0, 0.1) is 6.92 Å². The van der Waals surface area contributed by atoms with Gasteiger partial charge in [-0.2, -0.15) is 0 Å². The minimum atomic E-state index is 0.0203. The molecule has 138 valence electrons. The van der Waals surface area contributed by atoms with Gasteiger partial charge >= 0.3 is 0 Å². The predicted octanol–water partition coefficient (Wildman–Crippen LogP) is 3.66. The summed E-state index contributed by atoms with van der Waals surface area (Å²) in [7, 11) is 1.97. The van der Waals surface area contributed by atoms with Crippen LogP contribution in [-0.2, 0) is 17.9 Å². The first-order valence-corrected chi connectivity index (χ1v) is 9.44.